The number of nitrogens with zero attached hydrogens (tertiary/aromatic N) is 1. The van der Waals surface area contributed by atoms with Gasteiger partial charge in [-0.2, -0.15) is 13.2 Å². The molecule has 1 aromatic heterocycles. The van der Waals surface area contributed by atoms with Gasteiger partial charge in [0, 0.05) is 22.2 Å². The summed E-state index contributed by atoms with van der Waals surface area (Å²) >= 11 is 0. The molecule has 4 rings (SSSR count). The van der Waals surface area contributed by atoms with Crippen LogP contribution < -0.4 is 15.5 Å². The number of pyridine rings is 1. The zero-order chi connectivity index (χ0) is 31.1. The molecule has 226 valence electrons. The first-order valence-corrected chi connectivity index (χ1v) is 14.3. The summed E-state index contributed by atoms with van der Waals surface area (Å²) in [5.41, 5.74) is 3.32. The summed E-state index contributed by atoms with van der Waals surface area (Å²) in [5, 5.41) is 19.8. The van der Waals surface area contributed by atoms with Crippen molar-refractivity contribution in [1.29, 1.82) is 0 Å². The Labute approximate surface area is 238 Å². The molecule has 0 radical (unpaired) electrons. The standard InChI is InChI=1S/C25H27N3O6S.C2HF3O2/c1-17-13-19(21-5-2-3-6-22(21)26-17)15-34-20-9-7-18(8-10-20)24(30)27-25(14-23(29)28-31)11-4-12-35(32,33)16-25;3-2(4,5)1(6)7/h2-3,5-10,13,31H,4,11-12,14-16H2,1H3,(H,27,30)(H,28,29);(H,6,7). The highest BCUT2D eigenvalue weighted by Gasteiger charge is 2.42. The van der Waals surface area contributed by atoms with Crippen LogP contribution in [0, 0.1) is 6.92 Å². The van der Waals surface area contributed by atoms with Gasteiger partial charge in [0.1, 0.15) is 12.4 Å². The number of aryl methyl sites for hydroxylation is 1. The Morgan fingerprint density at radius 3 is 2.33 bits per heavy atom. The van der Waals surface area contributed by atoms with Crippen molar-refractivity contribution in [2.45, 2.75) is 44.5 Å². The number of amides is 2. The highest BCUT2D eigenvalue weighted by molar-refractivity contribution is 7.91. The Kier molecular flexibility index (Phi) is 10.1. The van der Waals surface area contributed by atoms with Gasteiger partial charge in [-0.15, -0.1) is 0 Å². The van der Waals surface area contributed by atoms with E-state index in [1.807, 2.05) is 37.3 Å². The normalized spacial score (nSPS) is 17.8. The van der Waals surface area contributed by atoms with Crippen LogP contribution in [0.4, 0.5) is 13.2 Å². The largest absolute Gasteiger partial charge is 0.490 e. The van der Waals surface area contributed by atoms with E-state index in [0.717, 1.165) is 22.2 Å². The lowest BCUT2D eigenvalue weighted by Gasteiger charge is -2.37. The first kappa shape index (κ1) is 32.3. The third kappa shape index (κ3) is 8.88. The maximum absolute atomic E-state index is 12.9. The Morgan fingerprint density at radius 2 is 1.74 bits per heavy atom. The summed E-state index contributed by atoms with van der Waals surface area (Å²) in [5.74, 6) is -3.81. The molecule has 1 saturated heterocycles. The summed E-state index contributed by atoms with van der Waals surface area (Å²) in [4.78, 5) is 38.2. The van der Waals surface area contributed by atoms with Crippen molar-refractivity contribution in [1.82, 2.24) is 15.8 Å². The third-order valence-corrected chi connectivity index (χ3v) is 8.20. The van der Waals surface area contributed by atoms with Crippen LogP contribution in [0.2, 0.25) is 0 Å². The first-order chi connectivity index (χ1) is 19.6. The second-order valence-corrected chi connectivity index (χ2v) is 11.9. The molecule has 3 aromatic rings. The minimum absolute atomic E-state index is 0.00366. The van der Waals surface area contributed by atoms with E-state index in [0.29, 0.717) is 30.8 Å². The van der Waals surface area contributed by atoms with Crippen LogP contribution in [-0.2, 0) is 26.0 Å². The van der Waals surface area contributed by atoms with Gasteiger partial charge in [0.15, 0.2) is 9.84 Å². The van der Waals surface area contributed by atoms with E-state index < -0.39 is 39.3 Å². The van der Waals surface area contributed by atoms with Gasteiger partial charge in [0.25, 0.3) is 5.91 Å². The van der Waals surface area contributed by atoms with Crippen molar-refractivity contribution in [3.63, 3.8) is 0 Å². The monoisotopic (exact) mass is 611 g/mol. The van der Waals surface area contributed by atoms with Gasteiger partial charge in [-0.05, 0) is 56.2 Å². The topological polar surface area (TPSA) is 172 Å². The van der Waals surface area contributed by atoms with Gasteiger partial charge in [-0.1, -0.05) is 18.2 Å². The zero-order valence-electron chi connectivity index (χ0n) is 22.3. The summed E-state index contributed by atoms with van der Waals surface area (Å²) < 4.78 is 62.1. The fourth-order valence-corrected chi connectivity index (χ4v) is 6.40. The van der Waals surface area contributed by atoms with E-state index >= 15 is 0 Å². The van der Waals surface area contributed by atoms with Crippen molar-refractivity contribution in [3.8, 4) is 5.75 Å². The zero-order valence-corrected chi connectivity index (χ0v) is 23.1. The van der Waals surface area contributed by atoms with Crippen molar-refractivity contribution >= 4 is 38.5 Å². The number of halogens is 3. The van der Waals surface area contributed by atoms with Gasteiger partial charge in [0.05, 0.1) is 29.0 Å². The van der Waals surface area contributed by atoms with Crippen LogP contribution >= 0.6 is 0 Å². The molecule has 1 fully saturated rings. The van der Waals surface area contributed by atoms with E-state index in [9.17, 15) is 31.2 Å². The molecule has 1 aliphatic rings. The molecule has 15 heteroatoms. The molecule has 0 saturated carbocycles. The number of sulfone groups is 1. The third-order valence-electron chi connectivity index (χ3n) is 6.29. The van der Waals surface area contributed by atoms with Crippen molar-refractivity contribution < 1.29 is 51.0 Å². The molecule has 0 bridgehead atoms. The van der Waals surface area contributed by atoms with Crippen molar-refractivity contribution in [2.24, 2.45) is 0 Å². The number of hydrogen-bond donors (Lipinski definition) is 4. The minimum Gasteiger partial charge on any atom is -0.489 e. The number of benzene rings is 2. The van der Waals surface area contributed by atoms with Gasteiger partial charge in [-0.25, -0.2) is 18.7 Å². The molecule has 1 atom stereocenters. The molecule has 1 aliphatic heterocycles. The van der Waals surface area contributed by atoms with Gasteiger partial charge >= 0.3 is 12.1 Å². The lowest BCUT2D eigenvalue weighted by molar-refractivity contribution is -0.192. The highest BCUT2D eigenvalue weighted by atomic mass is 32.2. The smallest absolute Gasteiger partial charge is 0.489 e. The quantitative estimate of drug-likeness (QED) is 0.231. The Balaban J connectivity index is 0.000000616. The van der Waals surface area contributed by atoms with E-state index in [1.165, 1.54) is 5.48 Å². The highest BCUT2D eigenvalue weighted by Crippen LogP contribution is 2.27. The number of carboxylic acid groups (broad SMARTS) is 1. The molecule has 1 unspecified atom stereocenters. The number of para-hydroxylation sites is 1. The minimum atomic E-state index is -5.08. The molecule has 4 N–H and O–H groups in total. The molecule has 0 aliphatic carbocycles. The van der Waals surface area contributed by atoms with Crippen LogP contribution in [0.3, 0.4) is 0 Å². The first-order valence-electron chi connectivity index (χ1n) is 12.5. The molecule has 2 aromatic carbocycles. The average molecular weight is 612 g/mol. The maximum Gasteiger partial charge on any atom is 0.490 e. The van der Waals surface area contributed by atoms with Crippen LogP contribution in [0.1, 0.15) is 40.9 Å². The number of carbonyl (C=O) groups excluding carboxylic acids is 2. The fraction of sp³-hybridized carbons (Fsp3) is 0.333. The van der Waals surface area contributed by atoms with Crippen LogP contribution in [0.15, 0.2) is 54.6 Å². The van der Waals surface area contributed by atoms with E-state index in [-0.39, 0.29) is 17.9 Å². The number of rotatable bonds is 7. The molecule has 42 heavy (non-hydrogen) atoms. The second kappa shape index (κ2) is 13.2. The van der Waals surface area contributed by atoms with Gasteiger partial charge in [0.2, 0.25) is 5.91 Å². The van der Waals surface area contributed by atoms with E-state index in [4.69, 9.17) is 19.8 Å². The molecule has 2 amide bonds. The van der Waals surface area contributed by atoms with Crippen LogP contribution in [0.5, 0.6) is 5.75 Å². The average Bonchev–Trinajstić information content (AvgIpc) is 2.91. The molecule has 2 heterocycles. The SMILES string of the molecule is Cc1cc(COc2ccc(C(=O)NC3(CC(=O)NO)CCCS(=O)(=O)C3)cc2)c2ccccc2n1.O=C(O)C(F)(F)F. The predicted octanol–water partition coefficient (Wildman–Crippen LogP) is 3.33. The lowest BCUT2D eigenvalue weighted by atomic mass is 9.90. The number of ether oxygens (including phenoxy) is 1. The fourth-order valence-electron chi connectivity index (χ4n) is 4.52. The number of nitrogens with one attached hydrogen (secondary N) is 2. The number of fused-ring (bicyclic) bond motifs is 1. The van der Waals surface area contributed by atoms with E-state index in [1.54, 1.807) is 24.3 Å². The van der Waals surface area contributed by atoms with Gasteiger partial charge in [-0.3, -0.25) is 19.8 Å². The Morgan fingerprint density at radius 1 is 1.10 bits per heavy atom. The predicted molar refractivity (Wildman–Crippen MR) is 144 cm³/mol. The number of hydrogen-bond acceptors (Lipinski definition) is 8. The van der Waals surface area contributed by atoms with Crippen LogP contribution in [-0.4, -0.2) is 64.7 Å². The summed E-state index contributed by atoms with van der Waals surface area (Å²) in [6, 6.07) is 16.3. The Bertz CT molecular complexity index is 1560. The number of aliphatic carboxylic acids is 1. The van der Waals surface area contributed by atoms with Gasteiger partial charge < -0.3 is 15.2 Å². The molecule has 11 nitrogen and oxygen atoms in total. The maximum atomic E-state index is 12.9. The Hall–Kier alpha value is -4.24. The lowest BCUT2D eigenvalue weighted by Crippen LogP contribution is -2.57. The second-order valence-electron chi connectivity index (χ2n) is 9.70. The molecule has 0 spiro atoms. The van der Waals surface area contributed by atoms with Crippen molar-refractivity contribution in [2.75, 3.05) is 11.5 Å². The molecular formula is C27H28F3N3O8S. The number of carbonyl (C=O) groups is 3. The summed E-state index contributed by atoms with van der Waals surface area (Å²) in [7, 11) is -3.43. The summed E-state index contributed by atoms with van der Waals surface area (Å²) in [6.45, 7) is 2.25. The molecular weight excluding hydrogens is 583 g/mol. The van der Waals surface area contributed by atoms with Crippen LogP contribution in [0.25, 0.3) is 10.9 Å². The number of carboxylic acids is 1. The summed E-state index contributed by atoms with van der Waals surface area (Å²) in [6.07, 6.45) is -4.79. The number of aromatic nitrogens is 1. The number of alkyl halides is 3. The number of hydroxylamine groups is 1. The van der Waals surface area contributed by atoms with E-state index in [2.05, 4.69) is 10.3 Å². The van der Waals surface area contributed by atoms with Crippen molar-refractivity contribution in [3.05, 3.63) is 71.4 Å².